The van der Waals surface area contributed by atoms with Crippen molar-refractivity contribution in [2.75, 3.05) is 6.61 Å². The first-order valence-electron chi connectivity index (χ1n) is 3.31. The lowest BCUT2D eigenvalue weighted by Crippen LogP contribution is -2.09. The van der Waals surface area contributed by atoms with Gasteiger partial charge in [-0.1, -0.05) is 11.6 Å². The first kappa shape index (κ1) is 10.1. The molecule has 1 rings (SSSR count). The number of hydrogen-bond acceptors (Lipinski definition) is 2. The molecule has 0 unspecified atom stereocenters. The molecule has 0 atom stereocenters. The van der Waals surface area contributed by atoms with Gasteiger partial charge in [0.15, 0.2) is 12.4 Å². The van der Waals surface area contributed by atoms with E-state index in [9.17, 15) is 13.2 Å². The third-order valence-electron chi connectivity index (χ3n) is 1.12. The third kappa shape index (κ3) is 3.10. The van der Waals surface area contributed by atoms with Crippen molar-refractivity contribution in [2.45, 2.75) is 6.43 Å². The molecule has 0 saturated carbocycles. The Kier molecular flexibility index (Phi) is 3.36. The number of ether oxygens (including phenoxy) is 1. The van der Waals surface area contributed by atoms with Gasteiger partial charge in [0.25, 0.3) is 12.3 Å². The van der Waals surface area contributed by atoms with E-state index in [4.69, 9.17) is 11.6 Å². The Morgan fingerprint density at radius 3 is 2.77 bits per heavy atom. The lowest BCUT2D eigenvalue weighted by molar-refractivity contribution is 0.0774. The molecule has 0 spiro atoms. The van der Waals surface area contributed by atoms with E-state index in [0.29, 0.717) is 0 Å². The van der Waals surface area contributed by atoms with Crippen LogP contribution in [0.5, 0.6) is 5.88 Å². The second-order valence-electron chi connectivity index (χ2n) is 2.14. The van der Waals surface area contributed by atoms with E-state index >= 15 is 0 Å². The van der Waals surface area contributed by atoms with Gasteiger partial charge in [-0.2, -0.15) is 0 Å². The van der Waals surface area contributed by atoms with Gasteiger partial charge in [0.05, 0.1) is 5.02 Å². The summed E-state index contributed by atoms with van der Waals surface area (Å²) in [7, 11) is 0. The second-order valence-corrected chi connectivity index (χ2v) is 2.58. The minimum atomic E-state index is -2.66. The van der Waals surface area contributed by atoms with Gasteiger partial charge in [0.1, 0.15) is 0 Å². The summed E-state index contributed by atoms with van der Waals surface area (Å²) < 4.78 is 40.4. The van der Waals surface area contributed by atoms with Crippen molar-refractivity contribution in [2.24, 2.45) is 0 Å². The number of pyridine rings is 1. The number of nitrogens with zero attached hydrogens (tertiary/aromatic N) is 1. The number of halogens is 4. The molecule has 0 fully saturated rings. The number of aromatic nitrogens is 1. The molecule has 0 N–H and O–H groups in total. The first-order chi connectivity index (χ1) is 6.09. The Bertz CT molecular complexity index is 295. The van der Waals surface area contributed by atoms with Crippen LogP contribution in [0.4, 0.5) is 13.2 Å². The average molecular weight is 212 g/mol. The van der Waals surface area contributed by atoms with Gasteiger partial charge in [-0.05, 0) is 6.07 Å². The van der Waals surface area contributed by atoms with Crippen molar-refractivity contribution in [3.05, 3.63) is 23.1 Å². The van der Waals surface area contributed by atoms with Gasteiger partial charge in [-0.15, -0.1) is 0 Å². The van der Waals surface area contributed by atoms with Crippen molar-refractivity contribution in [1.82, 2.24) is 4.98 Å². The number of alkyl halides is 2. The minimum Gasteiger partial charge on any atom is -0.470 e. The maximum atomic E-state index is 12.8. The summed E-state index contributed by atoms with van der Waals surface area (Å²) in [6, 6.07) is 0.940. The summed E-state index contributed by atoms with van der Waals surface area (Å²) in [4.78, 5) is 3.39. The van der Waals surface area contributed by atoms with Crippen molar-refractivity contribution >= 4 is 11.6 Å². The molecule has 6 heteroatoms. The SMILES string of the molecule is Fc1cc(Cl)cnc1OCC(F)F. The van der Waals surface area contributed by atoms with Gasteiger partial charge < -0.3 is 4.74 Å². The average Bonchev–Trinajstić information content (AvgIpc) is 2.02. The predicted octanol–water partition coefficient (Wildman–Crippen LogP) is 2.52. The fourth-order valence-electron chi connectivity index (χ4n) is 0.650. The predicted molar refractivity (Wildman–Crippen MR) is 40.7 cm³/mol. The largest absolute Gasteiger partial charge is 0.470 e. The van der Waals surface area contributed by atoms with Crippen LogP contribution in [0, 0.1) is 5.82 Å². The molecule has 0 aliphatic rings. The Hall–Kier alpha value is -0.970. The fraction of sp³-hybridized carbons (Fsp3) is 0.286. The van der Waals surface area contributed by atoms with E-state index in [1.54, 1.807) is 0 Å². The zero-order chi connectivity index (χ0) is 9.84. The molecule has 1 aromatic heterocycles. The Labute approximate surface area is 77.3 Å². The van der Waals surface area contributed by atoms with Gasteiger partial charge in [-0.3, -0.25) is 0 Å². The Balaban J connectivity index is 2.67. The van der Waals surface area contributed by atoms with Gasteiger partial charge >= 0.3 is 0 Å². The molecule has 72 valence electrons. The van der Waals surface area contributed by atoms with Crippen LogP contribution >= 0.6 is 11.6 Å². The molecular weight excluding hydrogens is 207 g/mol. The van der Waals surface area contributed by atoms with Crippen molar-refractivity contribution in [1.29, 1.82) is 0 Å². The minimum absolute atomic E-state index is 0.0851. The van der Waals surface area contributed by atoms with Gasteiger partial charge in [0.2, 0.25) is 0 Å². The van der Waals surface area contributed by atoms with Crippen LogP contribution in [-0.4, -0.2) is 18.0 Å². The summed E-state index contributed by atoms with van der Waals surface area (Å²) in [6.45, 7) is -0.883. The molecule has 0 saturated heterocycles. The molecule has 2 nitrogen and oxygen atoms in total. The number of rotatable bonds is 3. The molecule has 0 aliphatic carbocycles. The van der Waals surface area contributed by atoms with Crippen LogP contribution in [0.1, 0.15) is 0 Å². The van der Waals surface area contributed by atoms with E-state index in [-0.39, 0.29) is 5.02 Å². The van der Waals surface area contributed by atoms with E-state index in [2.05, 4.69) is 9.72 Å². The Morgan fingerprint density at radius 2 is 2.23 bits per heavy atom. The first-order valence-corrected chi connectivity index (χ1v) is 3.69. The molecule has 13 heavy (non-hydrogen) atoms. The monoisotopic (exact) mass is 211 g/mol. The van der Waals surface area contributed by atoms with Crippen LogP contribution in [-0.2, 0) is 0 Å². The summed E-state index contributed by atoms with van der Waals surface area (Å²) in [6.07, 6.45) is -1.54. The van der Waals surface area contributed by atoms with E-state index in [0.717, 1.165) is 12.3 Å². The highest BCUT2D eigenvalue weighted by atomic mass is 35.5. The van der Waals surface area contributed by atoms with Crippen LogP contribution in [0.3, 0.4) is 0 Å². The fourth-order valence-corrected chi connectivity index (χ4v) is 0.795. The molecular formula is C7H5ClF3NO. The van der Waals surface area contributed by atoms with Crippen LogP contribution < -0.4 is 4.74 Å². The zero-order valence-electron chi connectivity index (χ0n) is 6.31. The zero-order valence-corrected chi connectivity index (χ0v) is 7.06. The van der Waals surface area contributed by atoms with Crippen LogP contribution in [0.25, 0.3) is 0 Å². The Morgan fingerprint density at radius 1 is 1.54 bits per heavy atom. The molecule has 1 aromatic rings. The van der Waals surface area contributed by atoms with Gasteiger partial charge in [-0.25, -0.2) is 18.2 Å². The molecule has 1 heterocycles. The van der Waals surface area contributed by atoms with Crippen LogP contribution in [0.15, 0.2) is 12.3 Å². The lowest BCUT2D eigenvalue weighted by Gasteiger charge is -2.04. The third-order valence-corrected chi connectivity index (χ3v) is 1.33. The quantitative estimate of drug-likeness (QED) is 0.767. The number of hydrogen-bond donors (Lipinski definition) is 0. The van der Waals surface area contributed by atoms with E-state index in [1.165, 1.54) is 0 Å². The van der Waals surface area contributed by atoms with Crippen molar-refractivity contribution in [3.63, 3.8) is 0 Å². The summed E-state index contributed by atoms with van der Waals surface area (Å²) >= 11 is 5.37. The molecule has 0 radical (unpaired) electrons. The van der Waals surface area contributed by atoms with E-state index < -0.39 is 24.7 Å². The highest BCUT2D eigenvalue weighted by Gasteiger charge is 2.09. The maximum absolute atomic E-state index is 12.8. The summed E-state index contributed by atoms with van der Waals surface area (Å²) in [5.41, 5.74) is 0. The standard InChI is InChI=1S/C7H5ClF3NO/c8-4-1-5(9)7(12-2-4)13-3-6(10)11/h1-2,6H,3H2. The molecule has 0 bridgehead atoms. The lowest BCUT2D eigenvalue weighted by atomic mass is 10.4. The van der Waals surface area contributed by atoms with E-state index in [1.807, 2.05) is 0 Å². The van der Waals surface area contributed by atoms with Crippen LogP contribution in [0.2, 0.25) is 5.02 Å². The normalized spacial score (nSPS) is 10.5. The molecule has 0 aliphatic heterocycles. The second kappa shape index (κ2) is 4.32. The highest BCUT2D eigenvalue weighted by Crippen LogP contribution is 2.17. The van der Waals surface area contributed by atoms with Crippen molar-refractivity contribution in [3.8, 4) is 5.88 Å². The topological polar surface area (TPSA) is 22.1 Å². The van der Waals surface area contributed by atoms with Crippen molar-refractivity contribution < 1.29 is 17.9 Å². The molecule has 0 aromatic carbocycles. The van der Waals surface area contributed by atoms with Gasteiger partial charge in [0, 0.05) is 6.20 Å². The smallest absolute Gasteiger partial charge is 0.272 e. The summed E-state index contributed by atoms with van der Waals surface area (Å²) in [5, 5.41) is 0.0851. The maximum Gasteiger partial charge on any atom is 0.272 e. The highest BCUT2D eigenvalue weighted by molar-refractivity contribution is 6.30. The molecule has 0 amide bonds. The summed E-state index contributed by atoms with van der Waals surface area (Å²) in [5.74, 6) is -1.32.